The van der Waals surface area contributed by atoms with Crippen molar-refractivity contribution in [3.05, 3.63) is 79.4 Å². The molecule has 0 saturated carbocycles. The van der Waals surface area contributed by atoms with Crippen LogP contribution in [0.1, 0.15) is 21.5 Å². The van der Waals surface area contributed by atoms with E-state index in [1.165, 1.54) is 0 Å². The standard InChI is InChI=1S/C15H9F3N4O5/c16-15(17,18)11-3-1-9(2-4-11)8-19-20-14(23)10-5-12(21(24)25)7-13(6-10)22(26)27/h1-8H,(H,20,23). The van der Waals surface area contributed by atoms with Crippen LogP contribution >= 0.6 is 0 Å². The Bertz CT molecular complexity index is 894. The molecule has 1 N–H and O–H groups in total. The van der Waals surface area contributed by atoms with Gasteiger partial charge in [0.1, 0.15) is 0 Å². The Labute approximate surface area is 148 Å². The maximum absolute atomic E-state index is 12.5. The molecular weight excluding hydrogens is 373 g/mol. The summed E-state index contributed by atoms with van der Waals surface area (Å²) in [6.45, 7) is 0. The molecule has 27 heavy (non-hydrogen) atoms. The van der Waals surface area contributed by atoms with E-state index in [-0.39, 0.29) is 11.1 Å². The Morgan fingerprint density at radius 1 is 1.00 bits per heavy atom. The van der Waals surface area contributed by atoms with Gasteiger partial charge in [0, 0.05) is 12.1 Å². The van der Waals surface area contributed by atoms with E-state index in [4.69, 9.17) is 0 Å². The molecule has 2 aromatic carbocycles. The van der Waals surface area contributed by atoms with Crippen LogP contribution in [-0.4, -0.2) is 22.0 Å². The number of alkyl halides is 3. The second-order valence-corrected chi connectivity index (χ2v) is 5.07. The Hall–Kier alpha value is -3.83. The predicted molar refractivity (Wildman–Crippen MR) is 86.3 cm³/mol. The van der Waals surface area contributed by atoms with Crippen molar-refractivity contribution in [2.75, 3.05) is 0 Å². The minimum Gasteiger partial charge on any atom is -0.267 e. The highest BCUT2D eigenvalue weighted by atomic mass is 19.4. The van der Waals surface area contributed by atoms with Crippen LogP contribution in [0, 0.1) is 20.2 Å². The van der Waals surface area contributed by atoms with Crippen LogP contribution in [0.2, 0.25) is 0 Å². The van der Waals surface area contributed by atoms with Gasteiger partial charge in [-0.1, -0.05) is 12.1 Å². The van der Waals surface area contributed by atoms with Gasteiger partial charge in [0.25, 0.3) is 17.3 Å². The quantitative estimate of drug-likeness (QED) is 0.482. The number of hydrazone groups is 1. The third kappa shape index (κ3) is 5.07. The zero-order valence-electron chi connectivity index (χ0n) is 13.1. The number of hydrogen-bond acceptors (Lipinski definition) is 6. The number of nitro benzene ring substituents is 2. The van der Waals surface area contributed by atoms with Gasteiger partial charge in [0.2, 0.25) is 0 Å². The minimum atomic E-state index is -4.49. The van der Waals surface area contributed by atoms with Crippen LogP contribution in [0.5, 0.6) is 0 Å². The molecule has 2 aromatic rings. The lowest BCUT2D eigenvalue weighted by molar-refractivity contribution is -0.394. The number of rotatable bonds is 5. The molecular formula is C15H9F3N4O5. The molecule has 0 aromatic heterocycles. The molecule has 0 radical (unpaired) electrons. The first-order valence-electron chi connectivity index (χ1n) is 7.02. The number of carbonyl (C=O) groups is 1. The number of nitrogens with one attached hydrogen (secondary N) is 1. The van der Waals surface area contributed by atoms with E-state index in [9.17, 15) is 38.2 Å². The number of hydrogen-bond donors (Lipinski definition) is 1. The maximum Gasteiger partial charge on any atom is 0.416 e. The van der Waals surface area contributed by atoms with E-state index < -0.39 is 38.9 Å². The first-order valence-corrected chi connectivity index (χ1v) is 7.02. The van der Waals surface area contributed by atoms with E-state index in [1.807, 2.05) is 5.43 Å². The fourth-order valence-electron chi connectivity index (χ4n) is 1.93. The SMILES string of the molecule is O=C(NN=Cc1ccc(C(F)(F)F)cc1)c1cc([N+](=O)[O-])cc([N+](=O)[O-])c1. The summed E-state index contributed by atoms with van der Waals surface area (Å²) in [5, 5.41) is 25.1. The van der Waals surface area contributed by atoms with Gasteiger partial charge >= 0.3 is 6.18 Å². The fourth-order valence-corrected chi connectivity index (χ4v) is 1.93. The number of benzene rings is 2. The van der Waals surface area contributed by atoms with Gasteiger partial charge in [-0.05, 0) is 17.7 Å². The predicted octanol–water partition coefficient (Wildman–Crippen LogP) is 3.29. The van der Waals surface area contributed by atoms with Crippen molar-refractivity contribution < 1.29 is 27.8 Å². The average molecular weight is 382 g/mol. The van der Waals surface area contributed by atoms with Crippen LogP contribution in [0.25, 0.3) is 0 Å². The minimum absolute atomic E-state index is 0.244. The molecule has 2 rings (SSSR count). The lowest BCUT2D eigenvalue weighted by Crippen LogP contribution is -2.18. The van der Waals surface area contributed by atoms with Crippen molar-refractivity contribution >= 4 is 23.5 Å². The smallest absolute Gasteiger partial charge is 0.267 e. The number of carbonyl (C=O) groups excluding carboxylic acids is 1. The van der Waals surface area contributed by atoms with E-state index in [1.54, 1.807) is 0 Å². The highest BCUT2D eigenvalue weighted by Gasteiger charge is 2.29. The first kappa shape index (κ1) is 19.5. The van der Waals surface area contributed by atoms with E-state index in [0.717, 1.165) is 42.6 Å². The average Bonchev–Trinajstić information content (AvgIpc) is 2.60. The highest BCUT2D eigenvalue weighted by Crippen LogP contribution is 2.28. The Kier molecular flexibility index (Phi) is 5.48. The summed E-state index contributed by atoms with van der Waals surface area (Å²) in [4.78, 5) is 31.7. The molecule has 0 heterocycles. The summed E-state index contributed by atoms with van der Waals surface area (Å²) in [7, 11) is 0. The van der Waals surface area contributed by atoms with Gasteiger partial charge in [-0.2, -0.15) is 18.3 Å². The molecule has 0 spiro atoms. The topological polar surface area (TPSA) is 128 Å². The van der Waals surface area contributed by atoms with Crippen LogP contribution in [0.3, 0.4) is 0 Å². The summed E-state index contributed by atoms with van der Waals surface area (Å²) in [6.07, 6.45) is -3.44. The van der Waals surface area contributed by atoms with Crippen molar-refractivity contribution in [2.24, 2.45) is 5.10 Å². The molecule has 140 valence electrons. The number of halogens is 3. The summed E-state index contributed by atoms with van der Waals surface area (Å²) >= 11 is 0. The number of amides is 1. The number of nitrogens with zero attached hydrogens (tertiary/aromatic N) is 3. The van der Waals surface area contributed by atoms with Gasteiger partial charge in [-0.25, -0.2) is 5.43 Å². The van der Waals surface area contributed by atoms with Gasteiger partial charge in [-0.3, -0.25) is 25.0 Å². The summed E-state index contributed by atoms with van der Waals surface area (Å²) in [6, 6.07) is 6.25. The van der Waals surface area contributed by atoms with Crippen molar-refractivity contribution in [1.29, 1.82) is 0 Å². The van der Waals surface area contributed by atoms with Crippen molar-refractivity contribution in [1.82, 2.24) is 5.43 Å². The molecule has 9 nitrogen and oxygen atoms in total. The fraction of sp³-hybridized carbons (Fsp3) is 0.0667. The summed E-state index contributed by atoms with van der Waals surface area (Å²) in [5.74, 6) is -0.968. The highest BCUT2D eigenvalue weighted by molar-refractivity contribution is 5.96. The second-order valence-electron chi connectivity index (χ2n) is 5.07. The van der Waals surface area contributed by atoms with Gasteiger partial charge in [-0.15, -0.1) is 0 Å². The van der Waals surface area contributed by atoms with Crippen molar-refractivity contribution in [3.8, 4) is 0 Å². The van der Waals surface area contributed by atoms with Gasteiger partial charge < -0.3 is 0 Å². The van der Waals surface area contributed by atoms with Crippen LogP contribution in [-0.2, 0) is 6.18 Å². The third-order valence-electron chi connectivity index (χ3n) is 3.20. The molecule has 0 aliphatic rings. The molecule has 1 amide bonds. The molecule has 0 aliphatic heterocycles. The van der Waals surface area contributed by atoms with E-state index in [0.29, 0.717) is 6.07 Å². The third-order valence-corrected chi connectivity index (χ3v) is 3.20. The zero-order chi connectivity index (χ0) is 20.2. The van der Waals surface area contributed by atoms with Gasteiger partial charge in [0.05, 0.1) is 33.3 Å². The molecule has 0 bridgehead atoms. The van der Waals surface area contributed by atoms with Crippen LogP contribution < -0.4 is 5.43 Å². The van der Waals surface area contributed by atoms with Crippen molar-refractivity contribution in [2.45, 2.75) is 6.18 Å². The second kappa shape index (κ2) is 7.59. The molecule has 0 atom stereocenters. The first-order chi connectivity index (χ1) is 12.6. The van der Waals surface area contributed by atoms with Crippen LogP contribution in [0.15, 0.2) is 47.6 Å². The summed E-state index contributed by atoms with van der Waals surface area (Å²) < 4.78 is 37.4. The van der Waals surface area contributed by atoms with Gasteiger partial charge in [0.15, 0.2) is 0 Å². The molecule has 12 heteroatoms. The number of non-ortho nitro benzene ring substituents is 2. The number of nitro groups is 2. The molecule has 0 saturated heterocycles. The Balaban J connectivity index is 2.14. The van der Waals surface area contributed by atoms with E-state index in [2.05, 4.69) is 5.10 Å². The maximum atomic E-state index is 12.5. The molecule has 0 unspecified atom stereocenters. The zero-order valence-corrected chi connectivity index (χ0v) is 13.1. The molecule has 0 aliphatic carbocycles. The summed E-state index contributed by atoms with van der Waals surface area (Å²) in [5.41, 5.74) is -0.301. The normalized spacial score (nSPS) is 11.4. The monoisotopic (exact) mass is 382 g/mol. The Morgan fingerprint density at radius 2 is 1.52 bits per heavy atom. The lowest BCUT2D eigenvalue weighted by Gasteiger charge is -2.05. The van der Waals surface area contributed by atoms with E-state index >= 15 is 0 Å². The lowest BCUT2D eigenvalue weighted by atomic mass is 10.1. The molecule has 0 fully saturated rings. The van der Waals surface area contributed by atoms with Crippen LogP contribution in [0.4, 0.5) is 24.5 Å². The van der Waals surface area contributed by atoms with Crippen molar-refractivity contribution in [3.63, 3.8) is 0 Å². The Morgan fingerprint density at radius 3 is 1.96 bits per heavy atom. The largest absolute Gasteiger partial charge is 0.416 e.